The standard InChI is InChI=1S/C36H38ClN3O4S/c1-43-36(42)40-34(33(26-12-4-2-5-13-26)27-14-6-3-7-15-27)35(41)39-32-18-9-8-11-25(32)19-20-29-22-38-23-30(44-29)24-45-31-17-10-16-28(37)21-31/h2-18,21,29-30,33-34,38H,19-20,22-24H2,1H3,(H,39,41)(H,40,42)/t29-,30+,34?/m1/s1. The summed E-state index contributed by atoms with van der Waals surface area (Å²) in [5, 5.41) is 10.2. The third kappa shape index (κ3) is 9.34. The van der Waals surface area contributed by atoms with Crippen LogP contribution in [0.3, 0.4) is 0 Å². The summed E-state index contributed by atoms with van der Waals surface area (Å²) in [7, 11) is 1.29. The number of ether oxygens (including phenoxy) is 2. The monoisotopic (exact) mass is 643 g/mol. The minimum absolute atomic E-state index is 0.0433. The normalized spacial score (nSPS) is 17.0. The van der Waals surface area contributed by atoms with E-state index in [9.17, 15) is 9.59 Å². The molecule has 7 nitrogen and oxygen atoms in total. The molecule has 0 saturated carbocycles. The van der Waals surface area contributed by atoms with Crippen LogP contribution in [0.2, 0.25) is 5.02 Å². The molecule has 0 aliphatic carbocycles. The molecule has 1 saturated heterocycles. The van der Waals surface area contributed by atoms with Crippen LogP contribution in [0.4, 0.5) is 10.5 Å². The number of anilines is 1. The van der Waals surface area contributed by atoms with Gasteiger partial charge in [0.15, 0.2) is 0 Å². The van der Waals surface area contributed by atoms with Crippen molar-refractivity contribution in [2.75, 3.05) is 31.3 Å². The molecule has 5 rings (SSSR count). The molecule has 3 atom stereocenters. The van der Waals surface area contributed by atoms with E-state index >= 15 is 0 Å². The number of alkyl carbamates (subject to hydrolysis) is 1. The fourth-order valence-corrected chi connectivity index (χ4v) is 6.77. The van der Waals surface area contributed by atoms with Crippen LogP contribution in [0.25, 0.3) is 0 Å². The molecule has 0 spiro atoms. The van der Waals surface area contributed by atoms with Crippen molar-refractivity contribution >= 4 is 41.1 Å². The number of nitrogens with one attached hydrogen (secondary N) is 3. The number of morpholine rings is 1. The predicted octanol–water partition coefficient (Wildman–Crippen LogP) is 6.92. The SMILES string of the molecule is COC(=O)NC(C(=O)Nc1ccccc1CC[C@@H]1CNC[C@@H](CSc2cccc(Cl)c2)O1)C(c1ccccc1)c1ccccc1. The number of amides is 2. The van der Waals surface area contributed by atoms with Gasteiger partial charge in [-0.15, -0.1) is 11.8 Å². The maximum atomic E-state index is 14.0. The number of thioether (sulfide) groups is 1. The fraction of sp³-hybridized carbons (Fsp3) is 0.278. The van der Waals surface area contributed by atoms with Crippen molar-refractivity contribution in [3.05, 3.63) is 131 Å². The lowest BCUT2D eigenvalue weighted by Crippen LogP contribution is -2.48. The first kappa shape index (κ1) is 32.6. The lowest BCUT2D eigenvalue weighted by Gasteiger charge is -2.31. The minimum Gasteiger partial charge on any atom is -0.453 e. The van der Waals surface area contributed by atoms with Crippen LogP contribution >= 0.6 is 23.4 Å². The van der Waals surface area contributed by atoms with Crippen LogP contribution in [0.15, 0.2) is 114 Å². The number of para-hydroxylation sites is 1. The summed E-state index contributed by atoms with van der Waals surface area (Å²) in [6.07, 6.45) is 0.957. The van der Waals surface area contributed by atoms with Crippen molar-refractivity contribution in [1.29, 1.82) is 0 Å². The first-order valence-electron chi connectivity index (χ1n) is 15.1. The van der Waals surface area contributed by atoms with Gasteiger partial charge in [0.2, 0.25) is 5.91 Å². The molecule has 1 aliphatic heterocycles. The fourth-order valence-electron chi connectivity index (χ4n) is 5.56. The van der Waals surface area contributed by atoms with E-state index in [1.807, 2.05) is 103 Å². The molecule has 0 bridgehead atoms. The van der Waals surface area contributed by atoms with Crippen LogP contribution in [-0.2, 0) is 20.7 Å². The highest BCUT2D eigenvalue weighted by Gasteiger charge is 2.33. The Morgan fingerprint density at radius 2 is 1.58 bits per heavy atom. The summed E-state index contributed by atoms with van der Waals surface area (Å²) in [5.74, 6) is 0.0519. The highest BCUT2D eigenvalue weighted by Crippen LogP contribution is 2.30. The molecule has 45 heavy (non-hydrogen) atoms. The number of carbonyl (C=O) groups excluding carboxylic acids is 2. The molecule has 9 heteroatoms. The first-order valence-corrected chi connectivity index (χ1v) is 16.4. The number of aryl methyl sites for hydroxylation is 1. The van der Waals surface area contributed by atoms with Gasteiger partial charge >= 0.3 is 6.09 Å². The molecule has 3 N–H and O–H groups in total. The van der Waals surface area contributed by atoms with Gasteiger partial charge in [0.25, 0.3) is 0 Å². The summed E-state index contributed by atoms with van der Waals surface area (Å²) in [6, 6.07) is 34.1. The van der Waals surface area contributed by atoms with Gasteiger partial charge in [-0.2, -0.15) is 0 Å². The van der Waals surface area contributed by atoms with Gasteiger partial charge in [-0.1, -0.05) is 96.5 Å². The van der Waals surface area contributed by atoms with E-state index in [1.54, 1.807) is 11.8 Å². The molecule has 4 aromatic rings. The van der Waals surface area contributed by atoms with Crippen molar-refractivity contribution < 1.29 is 19.1 Å². The molecule has 1 fully saturated rings. The summed E-state index contributed by atoms with van der Waals surface area (Å²) < 4.78 is 11.4. The summed E-state index contributed by atoms with van der Waals surface area (Å²) in [4.78, 5) is 27.7. The Morgan fingerprint density at radius 3 is 2.27 bits per heavy atom. The molecule has 1 heterocycles. The Kier molecular flexibility index (Phi) is 11.9. The number of hydrogen-bond donors (Lipinski definition) is 3. The van der Waals surface area contributed by atoms with Crippen molar-refractivity contribution in [2.45, 2.75) is 41.9 Å². The zero-order chi connectivity index (χ0) is 31.4. The minimum atomic E-state index is -0.932. The molecule has 4 aromatic carbocycles. The highest BCUT2D eigenvalue weighted by atomic mass is 35.5. The third-order valence-electron chi connectivity index (χ3n) is 7.76. The van der Waals surface area contributed by atoms with Crippen LogP contribution in [-0.4, -0.2) is 56.2 Å². The summed E-state index contributed by atoms with van der Waals surface area (Å²) >= 11 is 7.88. The number of hydrogen-bond acceptors (Lipinski definition) is 6. The lowest BCUT2D eigenvalue weighted by molar-refractivity contribution is -0.118. The highest BCUT2D eigenvalue weighted by molar-refractivity contribution is 7.99. The molecule has 1 unspecified atom stereocenters. The zero-order valence-electron chi connectivity index (χ0n) is 25.2. The van der Waals surface area contributed by atoms with Crippen molar-refractivity contribution in [2.24, 2.45) is 0 Å². The molecule has 234 valence electrons. The van der Waals surface area contributed by atoms with Crippen LogP contribution in [0.1, 0.15) is 29.0 Å². The Balaban J connectivity index is 1.27. The Morgan fingerprint density at radius 1 is 0.911 bits per heavy atom. The summed E-state index contributed by atoms with van der Waals surface area (Å²) in [6.45, 7) is 1.57. The van der Waals surface area contributed by atoms with E-state index in [2.05, 4.69) is 22.0 Å². The van der Waals surface area contributed by atoms with Gasteiger partial charge in [0.1, 0.15) is 6.04 Å². The molecular weight excluding hydrogens is 606 g/mol. The number of halogens is 1. The Hall–Kier alpha value is -3.82. The maximum Gasteiger partial charge on any atom is 0.407 e. The average Bonchev–Trinajstić information content (AvgIpc) is 3.08. The predicted molar refractivity (Wildman–Crippen MR) is 181 cm³/mol. The second kappa shape index (κ2) is 16.5. The maximum absolute atomic E-state index is 14.0. The molecule has 1 aliphatic rings. The van der Waals surface area contributed by atoms with Gasteiger partial charge in [-0.05, 0) is 53.8 Å². The molecule has 2 amide bonds. The van der Waals surface area contributed by atoms with E-state index in [0.29, 0.717) is 12.1 Å². The van der Waals surface area contributed by atoms with E-state index in [0.717, 1.165) is 51.9 Å². The van der Waals surface area contributed by atoms with Gasteiger partial charge in [-0.25, -0.2) is 4.79 Å². The number of carbonyl (C=O) groups is 2. The zero-order valence-corrected chi connectivity index (χ0v) is 26.7. The van der Waals surface area contributed by atoms with E-state index in [1.165, 1.54) is 7.11 Å². The first-order chi connectivity index (χ1) is 22.0. The third-order valence-corrected chi connectivity index (χ3v) is 9.12. The number of benzene rings is 4. The molecule has 0 radical (unpaired) electrons. The Bertz CT molecular complexity index is 1500. The molecule has 0 aromatic heterocycles. The van der Waals surface area contributed by atoms with E-state index in [4.69, 9.17) is 21.1 Å². The van der Waals surface area contributed by atoms with Crippen molar-refractivity contribution in [3.8, 4) is 0 Å². The van der Waals surface area contributed by atoms with Crippen LogP contribution in [0.5, 0.6) is 0 Å². The largest absolute Gasteiger partial charge is 0.453 e. The number of methoxy groups -OCH3 is 1. The second-order valence-corrected chi connectivity index (χ2v) is 12.4. The number of rotatable bonds is 12. The topological polar surface area (TPSA) is 88.7 Å². The summed E-state index contributed by atoms with van der Waals surface area (Å²) in [5.41, 5.74) is 3.51. The van der Waals surface area contributed by atoms with Crippen LogP contribution < -0.4 is 16.0 Å². The van der Waals surface area contributed by atoms with Crippen LogP contribution in [0, 0.1) is 0 Å². The van der Waals surface area contributed by atoms with Gasteiger partial charge in [-0.3, -0.25) is 4.79 Å². The van der Waals surface area contributed by atoms with E-state index < -0.39 is 18.1 Å². The lowest BCUT2D eigenvalue weighted by atomic mass is 9.84. The Labute approximate surface area is 274 Å². The van der Waals surface area contributed by atoms with Gasteiger partial charge < -0.3 is 25.4 Å². The smallest absolute Gasteiger partial charge is 0.407 e. The molecular formula is C36H38ClN3O4S. The van der Waals surface area contributed by atoms with Gasteiger partial charge in [0.05, 0.1) is 19.3 Å². The second-order valence-electron chi connectivity index (χ2n) is 10.9. The van der Waals surface area contributed by atoms with Crippen molar-refractivity contribution in [3.63, 3.8) is 0 Å². The van der Waals surface area contributed by atoms with Crippen molar-refractivity contribution in [1.82, 2.24) is 10.6 Å². The average molecular weight is 644 g/mol. The van der Waals surface area contributed by atoms with Gasteiger partial charge in [0, 0.05) is 40.4 Å². The van der Waals surface area contributed by atoms with E-state index in [-0.39, 0.29) is 18.1 Å². The quantitative estimate of drug-likeness (QED) is 0.145.